The first kappa shape index (κ1) is 13.4. The van der Waals surface area contributed by atoms with Crippen LogP contribution in [0.5, 0.6) is 5.75 Å². The highest BCUT2D eigenvalue weighted by molar-refractivity contribution is 5.41. The van der Waals surface area contributed by atoms with Crippen molar-refractivity contribution in [2.75, 3.05) is 13.2 Å². The molecule has 1 aromatic rings. The standard InChI is InChI=1S/C15H23NO2/c1-10-6-11(2)12(3)15(7-10)18-9-14(17)8-16-13-4-5-13/h6-7,13-14,16-17H,4-5,8-9H2,1-3H3. The molecule has 0 aliphatic heterocycles. The van der Waals surface area contributed by atoms with E-state index in [1.54, 1.807) is 0 Å². The van der Waals surface area contributed by atoms with Gasteiger partial charge in [-0.05, 0) is 56.4 Å². The molecule has 1 unspecified atom stereocenters. The van der Waals surface area contributed by atoms with Gasteiger partial charge in [0.05, 0.1) is 0 Å². The monoisotopic (exact) mass is 249 g/mol. The minimum Gasteiger partial charge on any atom is -0.491 e. The molecule has 2 rings (SSSR count). The minimum atomic E-state index is -0.439. The molecule has 1 saturated carbocycles. The van der Waals surface area contributed by atoms with E-state index in [1.807, 2.05) is 6.07 Å². The summed E-state index contributed by atoms with van der Waals surface area (Å²) in [6, 6.07) is 4.80. The molecule has 1 aliphatic rings. The first-order valence-electron chi connectivity index (χ1n) is 6.68. The molecule has 0 radical (unpaired) electrons. The fourth-order valence-electron chi connectivity index (χ4n) is 1.99. The fourth-order valence-corrected chi connectivity index (χ4v) is 1.99. The van der Waals surface area contributed by atoms with E-state index < -0.39 is 6.10 Å². The number of nitrogens with one attached hydrogen (secondary N) is 1. The second-order valence-corrected chi connectivity index (χ2v) is 5.35. The normalized spacial score (nSPS) is 16.7. The third-order valence-corrected chi connectivity index (χ3v) is 3.41. The third kappa shape index (κ3) is 3.72. The molecule has 3 nitrogen and oxygen atoms in total. The molecule has 1 aliphatic carbocycles. The van der Waals surface area contributed by atoms with E-state index in [0.29, 0.717) is 19.2 Å². The third-order valence-electron chi connectivity index (χ3n) is 3.41. The molecule has 0 aromatic heterocycles. The van der Waals surface area contributed by atoms with Gasteiger partial charge in [-0.3, -0.25) is 0 Å². The van der Waals surface area contributed by atoms with E-state index in [0.717, 1.165) is 11.3 Å². The van der Waals surface area contributed by atoms with Crippen molar-refractivity contribution in [3.63, 3.8) is 0 Å². The summed E-state index contributed by atoms with van der Waals surface area (Å²) < 4.78 is 5.72. The minimum absolute atomic E-state index is 0.351. The molecular weight excluding hydrogens is 226 g/mol. The Morgan fingerprint density at radius 1 is 1.33 bits per heavy atom. The Balaban J connectivity index is 1.84. The number of aliphatic hydroxyl groups is 1. The van der Waals surface area contributed by atoms with Gasteiger partial charge in [-0.1, -0.05) is 6.07 Å². The van der Waals surface area contributed by atoms with Crippen molar-refractivity contribution in [3.05, 3.63) is 28.8 Å². The molecule has 0 bridgehead atoms. The first-order valence-corrected chi connectivity index (χ1v) is 6.68. The first-order chi connectivity index (χ1) is 8.56. The van der Waals surface area contributed by atoms with Gasteiger partial charge >= 0.3 is 0 Å². The van der Waals surface area contributed by atoms with Gasteiger partial charge in [0, 0.05) is 12.6 Å². The van der Waals surface area contributed by atoms with Crippen LogP contribution < -0.4 is 10.1 Å². The Labute approximate surface area is 109 Å². The molecule has 0 spiro atoms. The van der Waals surface area contributed by atoms with Crippen LogP contribution in [-0.4, -0.2) is 30.4 Å². The Hall–Kier alpha value is -1.06. The van der Waals surface area contributed by atoms with Crippen molar-refractivity contribution in [2.45, 2.75) is 45.8 Å². The highest BCUT2D eigenvalue weighted by Gasteiger charge is 2.21. The number of benzene rings is 1. The molecule has 1 atom stereocenters. The van der Waals surface area contributed by atoms with Gasteiger partial charge < -0.3 is 15.2 Å². The SMILES string of the molecule is Cc1cc(C)c(C)c(OCC(O)CNC2CC2)c1. The maximum Gasteiger partial charge on any atom is 0.122 e. The van der Waals surface area contributed by atoms with Crippen LogP contribution in [0.2, 0.25) is 0 Å². The summed E-state index contributed by atoms with van der Waals surface area (Å²) in [4.78, 5) is 0. The molecule has 0 amide bonds. The lowest BCUT2D eigenvalue weighted by Gasteiger charge is -2.16. The zero-order chi connectivity index (χ0) is 13.1. The topological polar surface area (TPSA) is 41.5 Å². The largest absolute Gasteiger partial charge is 0.491 e. The van der Waals surface area contributed by atoms with Gasteiger partial charge in [0.25, 0.3) is 0 Å². The zero-order valence-corrected chi connectivity index (χ0v) is 11.5. The van der Waals surface area contributed by atoms with E-state index in [-0.39, 0.29) is 0 Å². The summed E-state index contributed by atoms with van der Waals surface area (Å²) in [5.41, 5.74) is 3.58. The van der Waals surface area contributed by atoms with E-state index in [2.05, 4.69) is 32.2 Å². The van der Waals surface area contributed by atoms with Crippen LogP contribution in [0, 0.1) is 20.8 Å². The van der Waals surface area contributed by atoms with Gasteiger partial charge in [-0.2, -0.15) is 0 Å². The van der Waals surface area contributed by atoms with E-state index in [9.17, 15) is 5.11 Å². The van der Waals surface area contributed by atoms with Crippen LogP contribution >= 0.6 is 0 Å². The van der Waals surface area contributed by atoms with Crippen molar-refractivity contribution in [2.24, 2.45) is 0 Å². The predicted octanol–water partition coefficient (Wildman–Crippen LogP) is 2.10. The molecule has 1 aromatic carbocycles. The lowest BCUT2D eigenvalue weighted by molar-refractivity contribution is 0.105. The average Bonchev–Trinajstić information content (AvgIpc) is 3.13. The molecule has 18 heavy (non-hydrogen) atoms. The molecule has 1 fully saturated rings. The predicted molar refractivity (Wildman–Crippen MR) is 73.2 cm³/mol. The number of rotatable bonds is 6. The summed E-state index contributed by atoms with van der Waals surface area (Å²) in [6.07, 6.45) is 2.04. The van der Waals surface area contributed by atoms with Gasteiger partial charge in [-0.25, -0.2) is 0 Å². The van der Waals surface area contributed by atoms with Crippen molar-refractivity contribution in [3.8, 4) is 5.75 Å². The maximum atomic E-state index is 9.83. The quantitative estimate of drug-likeness (QED) is 0.811. The average molecular weight is 249 g/mol. The van der Waals surface area contributed by atoms with Gasteiger partial charge in [0.1, 0.15) is 18.5 Å². The number of ether oxygens (including phenoxy) is 1. The second kappa shape index (κ2) is 5.72. The number of aliphatic hydroxyl groups excluding tert-OH is 1. The molecule has 0 heterocycles. The van der Waals surface area contributed by atoms with Crippen molar-refractivity contribution in [1.29, 1.82) is 0 Å². The van der Waals surface area contributed by atoms with E-state index >= 15 is 0 Å². The summed E-state index contributed by atoms with van der Waals surface area (Å²) in [5.74, 6) is 0.887. The fraction of sp³-hybridized carbons (Fsp3) is 0.600. The highest BCUT2D eigenvalue weighted by Crippen LogP contribution is 2.23. The number of aryl methyl sites for hydroxylation is 2. The molecule has 3 heteroatoms. The van der Waals surface area contributed by atoms with E-state index in [4.69, 9.17) is 4.74 Å². The van der Waals surface area contributed by atoms with Gasteiger partial charge in [0.2, 0.25) is 0 Å². The van der Waals surface area contributed by atoms with Crippen LogP contribution in [0.4, 0.5) is 0 Å². The van der Waals surface area contributed by atoms with Crippen molar-refractivity contribution in [1.82, 2.24) is 5.32 Å². The van der Waals surface area contributed by atoms with Crippen LogP contribution in [-0.2, 0) is 0 Å². The van der Waals surface area contributed by atoms with E-state index in [1.165, 1.54) is 24.0 Å². The van der Waals surface area contributed by atoms with Crippen molar-refractivity contribution >= 4 is 0 Å². The van der Waals surface area contributed by atoms with Gasteiger partial charge in [-0.15, -0.1) is 0 Å². The summed E-state index contributed by atoms with van der Waals surface area (Å²) in [5, 5.41) is 13.1. The Morgan fingerprint density at radius 2 is 2.06 bits per heavy atom. The van der Waals surface area contributed by atoms with Crippen LogP contribution in [0.1, 0.15) is 29.5 Å². The molecule has 100 valence electrons. The number of hydrogen-bond acceptors (Lipinski definition) is 3. The molecule has 2 N–H and O–H groups in total. The summed E-state index contributed by atoms with van der Waals surface area (Å²) in [7, 11) is 0. The Kier molecular flexibility index (Phi) is 4.25. The number of hydrogen-bond donors (Lipinski definition) is 2. The van der Waals surface area contributed by atoms with Crippen LogP contribution in [0.3, 0.4) is 0 Å². The maximum absolute atomic E-state index is 9.83. The Morgan fingerprint density at radius 3 is 2.72 bits per heavy atom. The van der Waals surface area contributed by atoms with Crippen LogP contribution in [0.15, 0.2) is 12.1 Å². The lowest BCUT2D eigenvalue weighted by atomic mass is 10.1. The smallest absolute Gasteiger partial charge is 0.122 e. The van der Waals surface area contributed by atoms with Crippen molar-refractivity contribution < 1.29 is 9.84 Å². The highest BCUT2D eigenvalue weighted by atomic mass is 16.5. The second-order valence-electron chi connectivity index (χ2n) is 5.35. The summed E-state index contributed by atoms with van der Waals surface area (Å²) >= 11 is 0. The van der Waals surface area contributed by atoms with Gasteiger partial charge in [0.15, 0.2) is 0 Å². The lowest BCUT2D eigenvalue weighted by Crippen LogP contribution is -2.32. The molecular formula is C15H23NO2. The molecule has 0 saturated heterocycles. The summed E-state index contributed by atoms with van der Waals surface area (Å²) in [6.45, 7) is 7.17. The Bertz CT molecular complexity index is 413. The van der Waals surface area contributed by atoms with Crippen LogP contribution in [0.25, 0.3) is 0 Å². The zero-order valence-electron chi connectivity index (χ0n) is 11.5.